The van der Waals surface area contributed by atoms with E-state index in [-0.39, 0.29) is 17.7 Å². The summed E-state index contributed by atoms with van der Waals surface area (Å²) in [6, 6.07) is 19.0. The van der Waals surface area contributed by atoms with E-state index in [2.05, 4.69) is 69.0 Å². The number of thiophene rings is 1. The van der Waals surface area contributed by atoms with Gasteiger partial charge in [0, 0.05) is 51.6 Å². The Hall–Kier alpha value is -4.43. The average molecular weight is 588 g/mol. The molecular formula is C35H33N5O2S. The number of ketones is 1. The number of aromatic amines is 2. The van der Waals surface area contributed by atoms with Crippen LogP contribution in [0.25, 0.3) is 49.2 Å². The van der Waals surface area contributed by atoms with Crippen molar-refractivity contribution in [1.82, 2.24) is 25.4 Å². The van der Waals surface area contributed by atoms with Crippen molar-refractivity contribution in [2.45, 2.75) is 51.5 Å². The summed E-state index contributed by atoms with van der Waals surface area (Å²) in [4.78, 5) is 32.5. The second kappa shape index (κ2) is 10.4. The number of benzene rings is 2. The highest BCUT2D eigenvalue weighted by Crippen LogP contribution is 2.39. The van der Waals surface area contributed by atoms with Crippen molar-refractivity contribution in [3.8, 4) is 21.8 Å². The molecule has 2 aromatic carbocycles. The van der Waals surface area contributed by atoms with Crippen molar-refractivity contribution < 1.29 is 9.59 Å². The van der Waals surface area contributed by atoms with E-state index in [1.807, 2.05) is 18.2 Å². The number of amides is 1. The molecule has 1 saturated heterocycles. The molecule has 5 aromatic rings. The number of hydrogen-bond donors (Lipinski definition) is 3. The molecule has 1 amide bonds. The number of hydrogen-bond acceptors (Lipinski definition) is 5. The van der Waals surface area contributed by atoms with Gasteiger partial charge in [-0.1, -0.05) is 37.5 Å². The smallest absolute Gasteiger partial charge is 0.224 e. The number of rotatable bonds is 7. The molecule has 3 aliphatic rings. The van der Waals surface area contributed by atoms with Crippen molar-refractivity contribution in [2.75, 3.05) is 6.54 Å². The number of carbonyl (C=O) groups excluding carboxylic acids is 2. The molecule has 216 valence electrons. The molecule has 2 fully saturated rings. The van der Waals surface area contributed by atoms with E-state index >= 15 is 0 Å². The molecule has 3 aromatic heterocycles. The summed E-state index contributed by atoms with van der Waals surface area (Å²) in [6.45, 7) is 2.55. The first-order chi connectivity index (χ1) is 21.0. The minimum Gasteiger partial charge on any atom is -0.364 e. The fourth-order valence-electron chi connectivity index (χ4n) is 6.76. The molecule has 1 atom stereocenters. The Bertz CT molecular complexity index is 1970. The molecule has 7 nitrogen and oxygen atoms in total. The highest BCUT2D eigenvalue weighted by Gasteiger charge is 2.38. The predicted octanol–water partition coefficient (Wildman–Crippen LogP) is 7.65. The predicted molar refractivity (Wildman–Crippen MR) is 173 cm³/mol. The van der Waals surface area contributed by atoms with E-state index in [0.717, 1.165) is 71.9 Å². The monoisotopic (exact) mass is 587 g/mol. The van der Waals surface area contributed by atoms with Gasteiger partial charge in [-0.25, -0.2) is 0 Å². The highest BCUT2D eigenvalue weighted by molar-refractivity contribution is 7.17. The topological polar surface area (TPSA) is 93.7 Å². The normalized spacial score (nSPS) is 18.4. The number of nitrogens with zero attached hydrogens (tertiary/aromatic N) is 2. The zero-order chi connectivity index (χ0) is 29.1. The number of Topliss-reactive ketones (excluding diaryl/α,β-unsaturated/α-hetero) is 1. The van der Waals surface area contributed by atoms with E-state index in [9.17, 15) is 9.59 Å². The Kier molecular flexibility index (Phi) is 6.33. The summed E-state index contributed by atoms with van der Waals surface area (Å²) in [6.07, 6.45) is 11.1. The quantitative estimate of drug-likeness (QED) is 0.135. The van der Waals surface area contributed by atoms with E-state index in [1.54, 1.807) is 6.92 Å². The van der Waals surface area contributed by atoms with Gasteiger partial charge in [-0.2, -0.15) is 5.10 Å². The minimum absolute atomic E-state index is 0.0860. The van der Waals surface area contributed by atoms with Crippen molar-refractivity contribution in [2.24, 2.45) is 5.92 Å². The van der Waals surface area contributed by atoms with Gasteiger partial charge >= 0.3 is 0 Å². The lowest BCUT2D eigenvalue weighted by Crippen LogP contribution is -2.29. The van der Waals surface area contributed by atoms with E-state index in [4.69, 9.17) is 5.10 Å². The van der Waals surface area contributed by atoms with Gasteiger partial charge in [0.15, 0.2) is 5.78 Å². The molecule has 0 radical (unpaired) electrons. The summed E-state index contributed by atoms with van der Waals surface area (Å²) >= 11 is 1.52. The summed E-state index contributed by atoms with van der Waals surface area (Å²) in [5, 5.41) is 13.3. The highest BCUT2D eigenvalue weighted by atomic mass is 32.1. The summed E-state index contributed by atoms with van der Waals surface area (Å²) in [7, 11) is 0. The first-order valence-corrected chi connectivity index (χ1v) is 16.0. The average Bonchev–Trinajstić information content (AvgIpc) is 3.33. The van der Waals surface area contributed by atoms with Gasteiger partial charge in [-0.3, -0.25) is 14.7 Å². The van der Waals surface area contributed by atoms with Crippen LogP contribution < -0.4 is 5.32 Å². The maximum Gasteiger partial charge on any atom is 0.224 e. The van der Waals surface area contributed by atoms with Crippen molar-refractivity contribution in [3.63, 3.8) is 0 Å². The Morgan fingerprint density at radius 2 is 1.91 bits per heavy atom. The minimum atomic E-state index is 0.0860. The number of allylic oxidation sites excluding steroid dienone is 2. The van der Waals surface area contributed by atoms with Gasteiger partial charge in [-0.05, 0) is 79.3 Å². The molecule has 8 rings (SSSR count). The lowest BCUT2D eigenvalue weighted by molar-refractivity contribution is -0.121. The fraction of sp³-hybridized carbons (Fsp3) is 0.286. The summed E-state index contributed by atoms with van der Waals surface area (Å²) < 4.78 is 0. The molecule has 1 unspecified atom stereocenters. The number of nitrogens with one attached hydrogen (secondary N) is 3. The molecule has 0 bridgehead atoms. The van der Waals surface area contributed by atoms with Crippen molar-refractivity contribution in [3.05, 3.63) is 83.0 Å². The van der Waals surface area contributed by atoms with Gasteiger partial charge < -0.3 is 15.2 Å². The zero-order valence-electron chi connectivity index (χ0n) is 24.1. The van der Waals surface area contributed by atoms with Crippen LogP contribution in [0.15, 0.2) is 72.6 Å². The lowest BCUT2D eigenvalue weighted by atomic mass is 9.87. The Balaban J connectivity index is 1.10. The molecule has 43 heavy (non-hydrogen) atoms. The third-order valence-electron chi connectivity index (χ3n) is 9.14. The molecule has 1 aliphatic carbocycles. The first-order valence-electron chi connectivity index (χ1n) is 15.2. The van der Waals surface area contributed by atoms with Crippen LogP contribution in [0.4, 0.5) is 0 Å². The Labute approximate surface area is 253 Å². The second-order valence-electron chi connectivity index (χ2n) is 12.2. The standard InChI is InChI=1S/C35H33N5O2S/c1-20(41)32-12-13-33(43-32)24-8-5-9-27-25(24)17-30(36-27)35-26-15-22(10-11-28(26)38-39-35)23-16-29(31-19-40(31)18-23)37-34(42)14-21-6-3-2-4-7-21/h5,8-13,15-18,21,31,36H,2-4,6-7,14,19H2,1H3,(H,37,42)(H,38,39). The molecule has 5 heterocycles. The van der Waals surface area contributed by atoms with Crippen LogP contribution in [0.1, 0.15) is 60.7 Å². The van der Waals surface area contributed by atoms with E-state index in [0.29, 0.717) is 12.3 Å². The largest absolute Gasteiger partial charge is 0.364 e. The third kappa shape index (κ3) is 4.89. The first kappa shape index (κ1) is 26.2. The fourth-order valence-corrected chi connectivity index (χ4v) is 7.70. The van der Waals surface area contributed by atoms with Gasteiger partial charge in [-0.15, -0.1) is 11.3 Å². The van der Waals surface area contributed by atoms with Crippen molar-refractivity contribution in [1.29, 1.82) is 0 Å². The third-order valence-corrected chi connectivity index (χ3v) is 10.4. The molecule has 8 heteroatoms. The molecule has 1 saturated carbocycles. The van der Waals surface area contributed by atoms with E-state index in [1.165, 1.54) is 43.4 Å². The Morgan fingerprint density at radius 3 is 2.74 bits per heavy atom. The Morgan fingerprint density at radius 1 is 1.02 bits per heavy atom. The summed E-state index contributed by atoms with van der Waals surface area (Å²) in [5.41, 5.74) is 8.08. The number of H-pyrrole nitrogens is 2. The SMILES string of the molecule is CC(=O)c1ccc(-c2cccc3[nH]c(-c4n[nH]c5ccc(C6=CN7CC7C(NC(=O)CC7CCCCC7)=C6)cc45)cc23)s1. The maximum absolute atomic E-state index is 12.9. The van der Waals surface area contributed by atoms with Crippen LogP contribution in [-0.2, 0) is 4.79 Å². The second-order valence-corrected chi connectivity index (χ2v) is 13.2. The van der Waals surface area contributed by atoms with Crippen LogP contribution in [-0.4, -0.2) is 44.4 Å². The van der Waals surface area contributed by atoms with E-state index < -0.39 is 0 Å². The van der Waals surface area contributed by atoms with Crippen LogP contribution in [0.3, 0.4) is 0 Å². The van der Waals surface area contributed by atoms with Gasteiger partial charge in [0.25, 0.3) is 0 Å². The van der Waals surface area contributed by atoms with Gasteiger partial charge in [0.2, 0.25) is 5.91 Å². The van der Waals surface area contributed by atoms with Crippen LogP contribution in [0.5, 0.6) is 0 Å². The molecular weight excluding hydrogens is 554 g/mol. The molecule has 3 N–H and O–H groups in total. The molecule has 0 spiro atoms. The zero-order valence-corrected chi connectivity index (χ0v) is 24.9. The number of aromatic nitrogens is 3. The van der Waals surface area contributed by atoms with Crippen LogP contribution in [0, 0.1) is 5.92 Å². The number of fused-ring (bicyclic) bond motifs is 3. The summed E-state index contributed by atoms with van der Waals surface area (Å²) in [5.74, 6) is 0.758. The van der Waals surface area contributed by atoms with Crippen molar-refractivity contribution >= 4 is 50.4 Å². The van der Waals surface area contributed by atoms with Gasteiger partial charge in [0.05, 0.1) is 22.1 Å². The maximum atomic E-state index is 12.9. The lowest BCUT2D eigenvalue weighted by Gasteiger charge is -2.22. The number of carbonyl (C=O) groups is 2. The van der Waals surface area contributed by atoms with Gasteiger partial charge in [0.1, 0.15) is 5.69 Å². The van der Waals surface area contributed by atoms with Crippen LogP contribution >= 0.6 is 11.3 Å². The van der Waals surface area contributed by atoms with Crippen LogP contribution in [0.2, 0.25) is 0 Å². The molecule has 2 aliphatic heterocycles.